The van der Waals surface area contributed by atoms with Gasteiger partial charge in [0.15, 0.2) is 0 Å². The number of fused-ring (bicyclic) bond motifs is 1. The summed E-state index contributed by atoms with van der Waals surface area (Å²) in [5.41, 5.74) is 4.56. The van der Waals surface area contributed by atoms with Crippen LogP contribution >= 0.6 is 0 Å². The van der Waals surface area contributed by atoms with Crippen molar-refractivity contribution >= 4 is 21.3 Å². The molecule has 4 aromatic carbocycles. The second kappa shape index (κ2) is 13.5. The van der Waals surface area contributed by atoms with E-state index in [0.717, 1.165) is 53.2 Å². The van der Waals surface area contributed by atoms with Gasteiger partial charge in [-0.3, -0.25) is 13.8 Å². The summed E-state index contributed by atoms with van der Waals surface area (Å²) in [6.45, 7) is 4.72. The molecule has 2 heterocycles. The van der Waals surface area contributed by atoms with Gasteiger partial charge in [0.1, 0.15) is 35.7 Å². The summed E-state index contributed by atoms with van der Waals surface area (Å²) in [6.07, 6.45) is -0.383. The smallest absolute Gasteiger partial charge is 0.294 e. The number of phenols is 2. The summed E-state index contributed by atoms with van der Waals surface area (Å²) in [7, 11) is -4.00. The van der Waals surface area contributed by atoms with Crippen LogP contribution in [0, 0.1) is 5.92 Å². The Hall–Kier alpha value is -4.38. The molecule has 4 aromatic rings. The fourth-order valence-corrected chi connectivity index (χ4v) is 5.80. The number of benzene rings is 4. The highest BCUT2D eigenvalue weighted by Gasteiger charge is 2.30. The first-order valence-corrected chi connectivity index (χ1v) is 15.6. The standard InChI is InChI=1S/C28H28FNO4.C6H6O3S/c1-18-25-14-23(32)7-10-26(25)34-28(27(18)21-3-2-4-22(31)13-21)20-5-8-24(9-6-20)33-12-11-30-16-19(15-29)17-30;7-10(8,9)6-4-2-1-3-5-6/h2-10,13-14,19,28,31-32H,11-12,15-17H2,1H3;1-5H,(H,7,8,9)/t28-;/m0./s1. The van der Waals surface area contributed by atoms with Gasteiger partial charge in [0.2, 0.25) is 0 Å². The first-order valence-electron chi connectivity index (χ1n) is 14.2. The molecule has 1 saturated heterocycles. The van der Waals surface area contributed by atoms with Gasteiger partial charge in [-0.15, -0.1) is 0 Å². The van der Waals surface area contributed by atoms with Gasteiger partial charge in [0.05, 0.1) is 11.6 Å². The van der Waals surface area contributed by atoms with Gasteiger partial charge in [-0.2, -0.15) is 8.42 Å². The molecule has 0 aromatic heterocycles. The Morgan fingerprint density at radius 3 is 2.25 bits per heavy atom. The van der Waals surface area contributed by atoms with Gasteiger partial charge >= 0.3 is 0 Å². The summed E-state index contributed by atoms with van der Waals surface area (Å²) >= 11 is 0. The van der Waals surface area contributed by atoms with Gasteiger partial charge < -0.3 is 19.7 Å². The predicted molar refractivity (Wildman–Crippen MR) is 166 cm³/mol. The van der Waals surface area contributed by atoms with E-state index < -0.39 is 10.1 Å². The van der Waals surface area contributed by atoms with Crippen molar-refractivity contribution in [2.45, 2.75) is 17.9 Å². The Morgan fingerprint density at radius 1 is 0.909 bits per heavy atom. The number of hydrogen-bond acceptors (Lipinski definition) is 7. The number of alkyl halides is 1. The van der Waals surface area contributed by atoms with Crippen LogP contribution in [-0.2, 0) is 10.1 Å². The maximum absolute atomic E-state index is 12.6. The van der Waals surface area contributed by atoms with Crippen molar-refractivity contribution in [3.8, 4) is 23.0 Å². The van der Waals surface area contributed by atoms with Gasteiger partial charge in [-0.1, -0.05) is 42.5 Å². The van der Waals surface area contributed by atoms with Crippen LogP contribution in [0.1, 0.15) is 29.7 Å². The average molecular weight is 620 g/mol. The lowest BCUT2D eigenvalue weighted by atomic mass is 9.86. The number of likely N-dealkylation sites (tertiary alicyclic amines) is 1. The van der Waals surface area contributed by atoms with Crippen LogP contribution in [0.5, 0.6) is 23.0 Å². The Balaban J connectivity index is 0.000000328. The van der Waals surface area contributed by atoms with Crippen LogP contribution < -0.4 is 9.47 Å². The quantitative estimate of drug-likeness (QED) is 0.195. The van der Waals surface area contributed by atoms with E-state index >= 15 is 0 Å². The molecule has 1 fully saturated rings. The molecule has 1 atom stereocenters. The number of phenolic OH excluding ortho intramolecular Hbond substituents is 2. The number of hydrogen-bond donors (Lipinski definition) is 3. The van der Waals surface area contributed by atoms with E-state index in [-0.39, 0.29) is 35.1 Å². The van der Waals surface area contributed by atoms with E-state index in [1.54, 1.807) is 48.5 Å². The van der Waals surface area contributed by atoms with Gasteiger partial charge in [-0.25, -0.2) is 0 Å². The summed E-state index contributed by atoms with van der Waals surface area (Å²) in [4.78, 5) is 2.12. The number of rotatable bonds is 8. The lowest BCUT2D eigenvalue weighted by Crippen LogP contribution is -2.49. The Kier molecular flexibility index (Phi) is 9.53. The van der Waals surface area contributed by atoms with Crippen LogP contribution in [0.2, 0.25) is 0 Å². The van der Waals surface area contributed by atoms with Crippen LogP contribution in [0.3, 0.4) is 0 Å². The summed E-state index contributed by atoms with van der Waals surface area (Å²) < 4.78 is 54.1. The zero-order valence-electron chi connectivity index (χ0n) is 24.1. The third kappa shape index (κ3) is 7.39. The molecule has 0 bridgehead atoms. The summed E-state index contributed by atoms with van der Waals surface area (Å²) in [6, 6.07) is 27.5. The molecule has 8 nitrogen and oxygen atoms in total. The Labute approximate surface area is 256 Å². The van der Waals surface area contributed by atoms with E-state index in [4.69, 9.17) is 14.0 Å². The normalized spacial score (nSPS) is 16.7. The summed E-state index contributed by atoms with van der Waals surface area (Å²) in [5, 5.41) is 20.1. The van der Waals surface area contributed by atoms with Crippen molar-refractivity contribution in [3.05, 3.63) is 114 Å². The first-order chi connectivity index (χ1) is 21.1. The van der Waals surface area contributed by atoms with Crippen molar-refractivity contribution < 1.29 is 37.0 Å². The molecule has 2 aliphatic heterocycles. The molecular formula is C34H34FNO7S. The zero-order chi connectivity index (χ0) is 31.3. The van der Waals surface area contributed by atoms with Crippen molar-refractivity contribution in [2.24, 2.45) is 5.92 Å². The molecule has 44 heavy (non-hydrogen) atoms. The average Bonchev–Trinajstić information content (AvgIpc) is 2.99. The zero-order valence-corrected chi connectivity index (χ0v) is 25.0. The predicted octanol–water partition coefficient (Wildman–Crippen LogP) is 6.38. The SMILES string of the molecule is CC1=C(c2cccc(O)c2)[C@H](c2ccc(OCCN3CC(CF)C3)cc2)Oc2ccc(O)cc21.O=S(=O)(O)c1ccccc1. The molecular weight excluding hydrogens is 585 g/mol. The van der Waals surface area contributed by atoms with E-state index in [9.17, 15) is 23.0 Å². The highest BCUT2D eigenvalue weighted by atomic mass is 32.2. The molecule has 6 rings (SSSR count). The maximum Gasteiger partial charge on any atom is 0.294 e. The molecule has 0 amide bonds. The van der Waals surface area contributed by atoms with Crippen LogP contribution in [0.25, 0.3) is 11.1 Å². The third-order valence-electron chi connectivity index (χ3n) is 7.59. The monoisotopic (exact) mass is 619 g/mol. The first kappa shape index (κ1) is 31.1. The van der Waals surface area contributed by atoms with Crippen molar-refractivity contribution in [1.29, 1.82) is 0 Å². The van der Waals surface area contributed by atoms with Crippen molar-refractivity contribution in [1.82, 2.24) is 4.90 Å². The number of aromatic hydroxyl groups is 2. The van der Waals surface area contributed by atoms with Crippen LogP contribution in [0.4, 0.5) is 4.39 Å². The van der Waals surface area contributed by atoms with Crippen LogP contribution in [-0.4, -0.2) is 61.0 Å². The Morgan fingerprint density at radius 2 is 1.61 bits per heavy atom. The van der Waals surface area contributed by atoms with E-state index in [0.29, 0.717) is 12.4 Å². The number of allylic oxidation sites excluding steroid dienone is 1. The molecule has 2 aliphatic rings. The fraction of sp³-hybridized carbons (Fsp3) is 0.235. The second-order valence-corrected chi connectivity index (χ2v) is 12.2. The van der Waals surface area contributed by atoms with Crippen molar-refractivity contribution in [2.75, 3.05) is 32.9 Å². The highest BCUT2D eigenvalue weighted by molar-refractivity contribution is 7.85. The molecule has 230 valence electrons. The van der Waals surface area contributed by atoms with E-state index in [1.807, 2.05) is 43.3 Å². The maximum atomic E-state index is 12.6. The van der Waals surface area contributed by atoms with E-state index in [1.165, 1.54) is 12.1 Å². The van der Waals surface area contributed by atoms with E-state index in [2.05, 4.69) is 4.90 Å². The lowest BCUT2D eigenvalue weighted by molar-refractivity contribution is 0.0668. The number of halogens is 1. The molecule has 0 saturated carbocycles. The second-order valence-electron chi connectivity index (χ2n) is 10.8. The number of nitrogens with zero attached hydrogens (tertiary/aromatic N) is 1. The van der Waals surface area contributed by atoms with Gasteiger partial charge in [0, 0.05) is 36.7 Å². The minimum Gasteiger partial charge on any atom is -0.508 e. The number of ether oxygens (including phenoxy) is 2. The topological polar surface area (TPSA) is 117 Å². The molecule has 0 spiro atoms. The molecule has 0 radical (unpaired) electrons. The molecule has 10 heteroatoms. The van der Waals surface area contributed by atoms with Gasteiger partial charge in [-0.05, 0) is 78.2 Å². The van der Waals surface area contributed by atoms with Gasteiger partial charge in [0.25, 0.3) is 10.1 Å². The lowest BCUT2D eigenvalue weighted by Gasteiger charge is -2.37. The van der Waals surface area contributed by atoms with Crippen LogP contribution in [0.15, 0.2) is 102 Å². The summed E-state index contributed by atoms with van der Waals surface area (Å²) in [5.74, 6) is 2.01. The third-order valence-corrected chi connectivity index (χ3v) is 8.45. The van der Waals surface area contributed by atoms with Crippen molar-refractivity contribution in [3.63, 3.8) is 0 Å². The molecule has 3 N–H and O–H groups in total. The fourth-order valence-electron chi connectivity index (χ4n) is 5.30. The minimum atomic E-state index is -4.00. The molecule has 0 aliphatic carbocycles. The largest absolute Gasteiger partial charge is 0.508 e. The Bertz CT molecular complexity index is 1720. The minimum absolute atomic E-state index is 0.0741. The molecule has 0 unspecified atom stereocenters. The highest BCUT2D eigenvalue weighted by Crippen LogP contribution is 2.47.